The van der Waals surface area contributed by atoms with Crippen LogP contribution in [0.4, 0.5) is 0 Å². The molecule has 172 valence electrons. The molecule has 0 spiro atoms. The third-order valence-corrected chi connectivity index (χ3v) is 7.02. The standard InChI is InChI=1S/C24H31N3O4S/c1-17(2)14-27(15-24(28)22(25)13-19-7-5-4-6-8-19)32(29,30)21-11-9-20(10-12-21)23-16-31-18(3)26-23/h4-12,16-17,22,24,28H,13-15,25H2,1-3H3/t22-,24+/m0/s1. The predicted molar refractivity (Wildman–Crippen MR) is 124 cm³/mol. The minimum absolute atomic E-state index is 0.0707. The van der Waals surface area contributed by atoms with Crippen LogP contribution < -0.4 is 5.73 Å². The first kappa shape index (κ1) is 24.1. The summed E-state index contributed by atoms with van der Waals surface area (Å²) in [6.07, 6.45) is 0.999. The van der Waals surface area contributed by atoms with Crippen molar-refractivity contribution >= 4 is 10.0 Å². The molecule has 1 heterocycles. The molecule has 0 aliphatic carbocycles. The Kier molecular flexibility index (Phi) is 7.84. The van der Waals surface area contributed by atoms with Crippen LogP contribution >= 0.6 is 0 Å². The van der Waals surface area contributed by atoms with Crippen molar-refractivity contribution in [3.63, 3.8) is 0 Å². The van der Waals surface area contributed by atoms with E-state index in [2.05, 4.69) is 4.98 Å². The zero-order chi connectivity index (χ0) is 23.3. The number of aliphatic hydroxyl groups is 1. The van der Waals surface area contributed by atoms with Crippen molar-refractivity contribution in [2.75, 3.05) is 13.1 Å². The van der Waals surface area contributed by atoms with Gasteiger partial charge in [0.05, 0.1) is 11.0 Å². The molecule has 7 nitrogen and oxygen atoms in total. The van der Waals surface area contributed by atoms with Crippen LogP contribution in [-0.4, -0.2) is 48.0 Å². The second kappa shape index (κ2) is 10.4. The molecule has 3 N–H and O–H groups in total. The number of hydrogen-bond acceptors (Lipinski definition) is 6. The number of rotatable bonds is 10. The van der Waals surface area contributed by atoms with Crippen molar-refractivity contribution < 1.29 is 17.9 Å². The number of hydrogen-bond donors (Lipinski definition) is 2. The van der Waals surface area contributed by atoms with Crippen LogP contribution in [0.2, 0.25) is 0 Å². The fourth-order valence-corrected chi connectivity index (χ4v) is 5.11. The molecule has 3 aromatic rings. The van der Waals surface area contributed by atoms with Crippen molar-refractivity contribution in [2.24, 2.45) is 11.7 Å². The van der Waals surface area contributed by atoms with Gasteiger partial charge in [-0.1, -0.05) is 56.3 Å². The number of nitrogens with two attached hydrogens (primary N) is 1. The average molecular weight is 458 g/mol. The van der Waals surface area contributed by atoms with E-state index < -0.39 is 22.2 Å². The minimum Gasteiger partial charge on any atom is -0.449 e. The van der Waals surface area contributed by atoms with Gasteiger partial charge in [-0.2, -0.15) is 4.31 Å². The zero-order valence-corrected chi connectivity index (χ0v) is 19.5. The normalized spacial score (nSPS) is 14.1. The Balaban J connectivity index is 1.77. The molecule has 0 amide bonds. The highest BCUT2D eigenvalue weighted by atomic mass is 32.2. The summed E-state index contributed by atoms with van der Waals surface area (Å²) in [5.41, 5.74) is 8.62. The molecular formula is C24H31N3O4S. The van der Waals surface area contributed by atoms with Gasteiger partial charge in [0.25, 0.3) is 0 Å². The monoisotopic (exact) mass is 457 g/mol. The third-order valence-electron chi connectivity index (χ3n) is 5.17. The summed E-state index contributed by atoms with van der Waals surface area (Å²) in [4.78, 5) is 4.43. The molecule has 0 radical (unpaired) electrons. The first-order valence-corrected chi connectivity index (χ1v) is 12.1. The van der Waals surface area contributed by atoms with E-state index in [0.29, 0.717) is 18.0 Å². The molecule has 3 rings (SSSR count). The lowest BCUT2D eigenvalue weighted by molar-refractivity contribution is 0.116. The number of aliphatic hydroxyl groups excluding tert-OH is 1. The van der Waals surface area contributed by atoms with Crippen molar-refractivity contribution in [3.8, 4) is 11.3 Å². The molecule has 2 atom stereocenters. The van der Waals surface area contributed by atoms with Gasteiger partial charge >= 0.3 is 0 Å². The Hall–Kier alpha value is -2.52. The largest absolute Gasteiger partial charge is 0.449 e. The van der Waals surface area contributed by atoms with E-state index in [4.69, 9.17) is 10.2 Å². The maximum Gasteiger partial charge on any atom is 0.243 e. The number of oxazole rings is 1. The van der Waals surface area contributed by atoms with Crippen LogP contribution in [0, 0.1) is 12.8 Å². The maximum atomic E-state index is 13.4. The number of benzene rings is 2. The second-order valence-electron chi connectivity index (χ2n) is 8.41. The molecule has 0 saturated heterocycles. The van der Waals surface area contributed by atoms with Crippen LogP contribution in [0.25, 0.3) is 11.3 Å². The van der Waals surface area contributed by atoms with Crippen LogP contribution in [0.1, 0.15) is 25.3 Å². The fourth-order valence-electron chi connectivity index (χ4n) is 3.49. The van der Waals surface area contributed by atoms with Gasteiger partial charge < -0.3 is 15.3 Å². The Morgan fingerprint density at radius 2 is 1.72 bits per heavy atom. The minimum atomic E-state index is -3.82. The van der Waals surface area contributed by atoms with E-state index in [1.165, 1.54) is 10.6 Å². The molecule has 2 aromatic carbocycles. The third kappa shape index (κ3) is 6.04. The second-order valence-corrected chi connectivity index (χ2v) is 10.4. The van der Waals surface area contributed by atoms with Gasteiger partial charge in [0.15, 0.2) is 5.89 Å². The number of aromatic nitrogens is 1. The first-order valence-electron chi connectivity index (χ1n) is 10.7. The van der Waals surface area contributed by atoms with E-state index in [0.717, 1.165) is 11.1 Å². The summed E-state index contributed by atoms with van der Waals surface area (Å²) >= 11 is 0. The summed E-state index contributed by atoms with van der Waals surface area (Å²) < 4.78 is 33.3. The summed E-state index contributed by atoms with van der Waals surface area (Å²) in [5.74, 6) is 0.625. The summed E-state index contributed by atoms with van der Waals surface area (Å²) in [7, 11) is -3.82. The van der Waals surface area contributed by atoms with Crippen molar-refractivity contribution in [1.82, 2.24) is 9.29 Å². The van der Waals surface area contributed by atoms with E-state index in [-0.39, 0.29) is 23.9 Å². The molecule has 0 aliphatic heterocycles. The van der Waals surface area contributed by atoms with E-state index in [9.17, 15) is 13.5 Å². The highest BCUT2D eigenvalue weighted by Gasteiger charge is 2.29. The Bertz CT molecular complexity index is 1100. The van der Waals surface area contributed by atoms with Gasteiger partial charge in [0.2, 0.25) is 10.0 Å². The van der Waals surface area contributed by atoms with Gasteiger partial charge in [-0.15, -0.1) is 0 Å². The Morgan fingerprint density at radius 1 is 1.06 bits per heavy atom. The lowest BCUT2D eigenvalue weighted by Gasteiger charge is -2.28. The highest BCUT2D eigenvalue weighted by molar-refractivity contribution is 7.89. The molecule has 0 bridgehead atoms. The molecular weight excluding hydrogens is 426 g/mol. The van der Waals surface area contributed by atoms with Crippen molar-refractivity contribution in [2.45, 2.75) is 44.2 Å². The van der Waals surface area contributed by atoms with Gasteiger partial charge in [-0.3, -0.25) is 0 Å². The molecule has 0 saturated carbocycles. The Labute approximate surface area is 189 Å². The number of sulfonamides is 1. The fraction of sp³-hybridized carbons (Fsp3) is 0.375. The molecule has 8 heteroatoms. The predicted octanol–water partition coefficient (Wildman–Crippen LogP) is 3.23. The lowest BCUT2D eigenvalue weighted by atomic mass is 10.0. The van der Waals surface area contributed by atoms with Crippen LogP contribution in [0.3, 0.4) is 0 Å². The van der Waals surface area contributed by atoms with Gasteiger partial charge in [0, 0.05) is 31.6 Å². The van der Waals surface area contributed by atoms with E-state index in [1.807, 2.05) is 44.2 Å². The maximum absolute atomic E-state index is 13.4. The van der Waals surface area contributed by atoms with E-state index in [1.54, 1.807) is 31.2 Å². The smallest absolute Gasteiger partial charge is 0.243 e. The molecule has 0 fully saturated rings. The van der Waals surface area contributed by atoms with Gasteiger partial charge in [0.1, 0.15) is 12.0 Å². The quantitative estimate of drug-likeness (QED) is 0.484. The zero-order valence-electron chi connectivity index (χ0n) is 18.7. The Morgan fingerprint density at radius 3 is 2.28 bits per heavy atom. The first-order chi connectivity index (χ1) is 15.2. The number of aryl methyl sites for hydroxylation is 1. The van der Waals surface area contributed by atoms with Crippen molar-refractivity contribution in [1.29, 1.82) is 0 Å². The topological polar surface area (TPSA) is 110 Å². The molecule has 0 unspecified atom stereocenters. The van der Waals surface area contributed by atoms with Crippen LogP contribution in [0.15, 0.2) is 70.2 Å². The molecule has 32 heavy (non-hydrogen) atoms. The van der Waals surface area contributed by atoms with Crippen LogP contribution in [-0.2, 0) is 16.4 Å². The SMILES string of the molecule is Cc1nc(-c2ccc(S(=O)(=O)N(CC(C)C)C[C@@H](O)[C@@H](N)Cc3ccccc3)cc2)co1. The van der Waals surface area contributed by atoms with E-state index >= 15 is 0 Å². The van der Waals surface area contributed by atoms with Gasteiger partial charge in [-0.05, 0) is 30.0 Å². The average Bonchev–Trinajstić information content (AvgIpc) is 3.20. The van der Waals surface area contributed by atoms with Gasteiger partial charge in [-0.25, -0.2) is 13.4 Å². The summed E-state index contributed by atoms with van der Waals surface area (Å²) in [6, 6.07) is 15.5. The molecule has 0 aliphatic rings. The lowest BCUT2D eigenvalue weighted by Crippen LogP contribution is -2.47. The number of nitrogens with zero attached hydrogens (tertiary/aromatic N) is 2. The summed E-state index contributed by atoms with van der Waals surface area (Å²) in [5, 5.41) is 10.7. The van der Waals surface area contributed by atoms with Crippen LogP contribution in [0.5, 0.6) is 0 Å². The van der Waals surface area contributed by atoms with Crippen molar-refractivity contribution in [3.05, 3.63) is 72.3 Å². The highest BCUT2D eigenvalue weighted by Crippen LogP contribution is 2.23. The molecule has 1 aromatic heterocycles. The summed E-state index contributed by atoms with van der Waals surface area (Å²) in [6.45, 7) is 5.84.